The summed E-state index contributed by atoms with van der Waals surface area (Å²) < 4.78 is 87.1. The van der Waals surface area contributed by atoms with Crippen molar-refractivity contribution >= 4 is 72.5 Å². The maximum absolute atomic E-state index is 13.8. The van der Waals surface area contributed by atoms with Crippen molar-refractivity contribution in [1.29, 1.82) is 0 Å². The number of para-hydroxylation sites is 1. The molecule has 6 nitrogen and oxygen atoms in total. The number of hydrazone groups is 1. The molecule has 46 heavy (non-hydrogen) atoms. The topological polar surface area (TPSA) is 83.5 Å². The largest absolute Gasteiger partial charge is 0.421 e. The molecular weight excluding hydrogens is 772 g/mol. The first-order chi connectivity index (χ1) is 21.6. The molecule has 0 radical (unpaired) electrons. The first-order valence-corrected chi connectivity index (χ1v) is 14.8. The fourth-order valence-corrected chi connectivity index (χ4v) is 6.11. The molecule has 0 spiro atoms. The number of esters is 1. The Balaban J connectivity index is 1.49. The number of benzene rings is 4. The molecule has 1 heterocycles. The maximum Gasteiger partial charge on any atom is 0.418 e. The fourth-order valence-electron chi connectivity index (χ4n) is 4.54. The molecule has 0 atom stereocenters. The Kier molecular flexibility index (Phi) is 9.34. The van der Waals surface area contributed by atoms with Crippen LogP contribution < -0.4 is 10.2 Å². The molecule has 1 aromatic heterocycles. The lowest BCUT2D eigenvalue weighted by Gasteiger charge is -2.12. The van der Waals surface area contributed by atoms with E-state index in [-0.39, 0.29) is 48.5 Å². The van der Waals surface area contributed by atoms with Crippen molar-refractivity contribution in [1.82, 2.24) is 10.4 Å². The van der Waals surface area contributed by atoms with E-state index < -0.39 is 35.4 Å². The predicted octanol–water partition coefficient (Wildman–Crippen LogP) is 10.0. The number of alkyl halides is 6. The lowest BCUT2D eigenvalue weighted by Crippen LogP contribution is -2.19. The van der Waals surface area contributed by atoms with Gasteiger partial charge in [-0.1, -0.05) is 63.9 Å². The van der Waals surface area contributed by atoms with Gasteiger partial charge in [0.05, 0.1) is 32.9 Å². The molecule has 0 aliphatic carbocycles. The molecule has 15 heteroatoms. The van der Waals surface area contributed by atoms with Gasteiger partial charge in [0.25, 0.3) is 5.91 Å². The van der Waals surface area contributed by atoms with Crippen molar-refractivity contribution in [3.8, 4) is 16.9 Å². The SMILES string of the molecule is O=C(Oc1c(Br)cc(Br)cc1C=NNC(=O)c1[nH]c2c(C(F)(F)F)cccc2c1-c1ccccc1Cl)c1cccc(C(F)(F)F)c1. The number of ether oxygens (including phenoxy) is 1. The van der Waals surface area contributed by atoms with Crippen LogP contribution in [0.5, 0.6) is 5.75 Å². The monoisotopic (exact) mass is 785 g/mol. The number of carbonyl (C=O) groups excluding carboxylic acids is 2. The second kappa shape index (κ2) is 12.9. The van der Waals surface area contributed by atoms with Crippen LogP contribution in [0.4, 0.5) is 26.3 Å². The summed E-state index contributed by atoms with van der Waals surface area (Å²) in [6.07, 6.45) is -8.33. The molecule has 0 unspecified atom stereocenters. The molecule has 1 amide bonds. The van der Waals surface area contributed by atoms with Crippen LogP contribution in [-0.4, -0.2) is 23.1 Å². The van der Waals surface area contributed by atoms with Crippen LogP contribution in [0.3, 0.4) is 0 Å². The Morgan fingerprint density at radius 2 is 1.61 bits per heavy atom. The van der Waals surface area contributed by atoms with E-state index in [1.165, 1.54) is 30.3 Å². The molecule has 0 aliphatic heterocycles. The Labute approximate surface area is 277 Å². The number of nitrogens with zero attached hydrogens (tertiary/aromatic N) is 1. The van der Waals surface area contributed by atoms with Crippen LogP contribution >= 0.6 is 43.5 Å². The number of amides is 1. The summed E-state index contributed by atoms with van der Waals surface area (Å²) in [6.45, 7) is 0. The summed E-state index contributed by atoms with van der Waals surface area (Å²) in [6, 6.07) is 16.4. The van der Waals surface area contributed by atoms with E-state index >= 15 is 0 Å². The third kappa shape index (κ3) is 6.98. The Morgan fingerprint density at radius 1 is 0.891 bits per heavy atom. The lowest BCUT2D eigenvalue weighted by atomic mass is 10.00. The second-order valence-electron chi connectivity index (χ2n) is 9.55. The standard InChI is InChI=1S/C31H16Br2ClF6N3O3/c32-18-12-16(27(22(33)13-18)46-29(45)15-5-3-6-17(11-15)30(35,36)37)14-41-43-28(44)26-24(19-7-1-2-10-23(19)34)20-8-4-9-21(25(20)42-26)31(38,39)40/h1-14,42H,(H,43,44). The minimum Gasteiger partial charge on any atom is -0.421 e. The van der Waals surface area contributed by atoms with E-state index in [1.54, 1.807) is 18.2 Å². The average Bonchev–Trinajstić information content (AvgIpc) is 3.37. The number of aromatic nitrogens is 1. The van der Waals surface area contributed by atoms with Crippen LogP contribution in [0, 0.1) is 0 Å². The second-order valence-corrected chi connectivity index (χ2v) is 11.7. The third-order valence-corrected chi connectivity index (χ3v) is 7.91. The molecule has 0 saturated heterocycles. The Bertz CT molecular complexity index is 2030. The zero-order valence-electron chi connectivity index (χ0n) is 22.7. The van der Waals surface area contributed by atoms with E-state index in [0.717, 1.165) is 30.5 Å². The summed E-state index contributed by atoms with van der Waals surface area (Å²) in [7, 11) is 0. The van der Waals surface area contributed by atoms with Crippen LogP contribution in [0.25, 0.3) is 22.0 Å². The molecule has 5 aromatic rings. The van der Waals surface area contributed by atoms with Crippen LogP contribution in [0.1, 0.15) is 37.5 Å². The lowest BCUT2D eigenvalue weighted by molar-refractivity contribution is -0.138. The number of hydrogen-bond acceptors (Lipinski definition) is 4. The smallest absolute Gasteiger partial charge is 0.418 e. The zero-order valence-corrected chi connectivity index (χ0v) is 26.6. The van der Waals surface area contributed by atoms with Crippen molar-refractivity contribution in [2.24, 2.45) is 5.10 Å². The number of halogens is 9. The van der Waals surface area contributed by atoms with Crippen LogP contribution in [0.15, 0.2) is 92.9 Å². The van der Waals surface area contributed by atoms with Crippen molar-refractivity contribution in [3.63, 3.8) is 0 Å². The van der Waals surface area contributed by atoms with Gasteiger partial charge in [-0.25, -0.2) is 10.2 Å². The average molecular weight is 788 g/mol. The Morgan fingerprint density at radius 3 is 2.30 bits per heavy atom. The highest BCUT2D eigenvalue weighted by atomic mass is 79.9. The molecule has 0 bridgehead atoms. The van der Waals surface area contributed by atoms with Gasteiger partial charge >= 0.3 is 18.3 Å². The van der Waals surface area contributed by atoms with E-state index in [2.05, 4.69) is 47.4 Å². The molecule has 0 fully saturated rings. The highest BCUT2D eigenvalue weighted by molar-refractivity contribution is 9.11. The molecule has 0 saturated carbocycles. The molecule has 0 aliphatic rings. The first-order valence-electron chi connectivity index (χ1n) is 12.8. The summed E-state index contributed by atoms with van der Waals surface area (Å²) >= 11 is 12.9. The van der Waals surface area contributed by atoms with Gasteiger partial charge in [-0.05, 0) is 58.4 Å². The normalized spacial score (nSPS) is 12.1. The van der Waals surface area contributed by atoms with E-state index in [4.69, 9.17) is 16.3 Å². The van der Waals surface area contributed by atoms with E-state index in [0.29, 0.717) is 16.1 Å². The highest BCUT2D eigenvalue weighted by Crippen LogP contribution is 2.41. The van der Waals surface area contributed by atoms with E-state index in [1.807, 2.05) is 0 Å². The van der Waals surface area contributed by atoms with Crippen molar-refractivity contribution < 1.29 is 40.7 Å². The zero-order chi connectivity index (χ0) is 33.4. The molecule has 2 N–H and O–H groups in total. The van der Waals surface area contributed by atoms with Gasteiger partial charge in [0.1, 0.15) is 5.69 Å². The maximum atomic E-state index is 13.8. The van der Waals surface area contributed by atoms with Crippen molar-refractivity contribution in [2.75, 3.05) is 0 Å². The number of fused-ring (bicyclic) bond motifs is 1. The van der Waals surface area contributed by atoms with Gasteiger partial charge in [0, 0.05) is 31.6 Å². The molecular formula is C31H16Br2ClF6N3O3. The summed E-state index contributed by atoms with van der Waals surface area (Å²) in [5.41, 5.74) is -0.246. The van der Waals surface area contributed by atoms with E-state index in [9.17, 15) is 35.9 Å². The molecule has 236 valence electrons. The van der Waals surface area contributed by atoms with Gasteiger partial charge < -0.3 is 9.72 Å². The van der Waals surface area contributed by atoms with Gasteiger partial charge in [-0.3, -0.25) is 4.79 Å². The number of aromatic amines is 1. The third-order valence-electron chi connectivity index (χ3n) is 6.54. The van der Waals surface area contributed by atoms with Gasteiger partial charge in [-0.2, -0.15) is 31.4 Å². The predicted molar refractivity (Wildman–Crippen MR) is 167 cm³/mol. The quantitative estimate of drug-likeness (QED) is 0.0591. The van der Waals surface area contributed by atoms with Gasteiger partial charge in [0.15, 0.2) is 5.75 Å². The minimum atomic E-state index is -4.73. The first kappa shape index (κ1) is 33.2. The summed E-state index contributed by atoms with van der Waals surface area (Å²) in [5, 5.41) is 4.18. The van der Waals surface area contributed by atoms with Crippen molar-refractivity contribution in [3.05, 3.63) is 121 Å². The highest BCUT2D eigenvalue weighted by Gasteiger charge is 2.35. The molecule has 4 aromatic carbocycles. The fraction of sp³-hybridized carbons (Fsp3) is 0.0645. The number of H-pyrrole nitrogens is 1. The van der Waals surface area contributed by atoms with Crippen molar-refractivity contribution in [2.45, 2.75) is 12.4 Å². The summed E-state index contributed by atoms with van der Waals surface area (Å²) in [4.78, 5) is 28.8. The van der Waals surface area contributed by atoms with Gasteiger partial charge in [0.2, 0.25) is 0 Å². The van der Waals surface area contributed by atoms with Crippen LogP contribution in [-0.2, 0) is 12.4 Å². The number of carbonyl (C=O) groups is 2. The summed E-state index contributed by atoms with van der Waals surface area (Å²) in [5.74, 6) is -2.16. The number of rotatable bonds is 6. The number of hydrogen-bond donors (Lipinski definition) is 2. The molecule has 5 rings (SSSR count). The minimum absolute atomic E-state index is 0.0942. The number of nitrogens with one attached hydrogen (secondary N) is 2. The van der Waals surface area contributed by atoms with Gasteiger partial charge in [-0.15, -0.1) is 0 Å². The van der Waals surface area contributed by atoms with Crippen LogP contribution in [0.2, 0.25) is 5.02 Å². The Hall–Kier alpha value is -4.14.